The molecule has 0 aromatic rings. The molecular weight excluding hydrogens is 138 g/mol. The van der Waals surface area contributed by atoms with Gasteiger partial charge in [-0.25, -0.2) is 0 Å². The molecule has 0 saturated carbocycles. The van der Waals surface area contributed by atoms with Crippen LogP contribution in [-0.4, -0.2) is 43.2 Å². The highest BCUT2D eigenvalue weighted by Crippen LogP contribution is 2.23. The molecule has 0 unspecified atom stereocenters. The third-order valence-electron chi connectivity index (χ3n) is 3.06. The van der Waals surface area contributed by atoms with Crippen LogP contribution in [0.1, 0.15) is 12.8 Å². The Morgan fingerprint density at radius 2 is 1.91 bits per heavy atom. The summed E-state index contributed by atoms with van der Waals surface area (Å²) in [7, 11) is 0. The molecule has 0 spiro atoms. The third kappa shape index (κ3) is 1.08. The van der Waals surface area contributed by atoms with Crippen LogP contribution in [0.25, 0.3) is 0 Å². The Hall–Kier alpha value is -0.120. The lowest BCUT2D eigenvalue weighted by molar-refractivity contribution is 0.0674. The largest absolute Gasteiger partial charge is 0.329 e. The lowest BCUT2D eigenvalue weighted by Crippen LogP contribution is -2.71. The Balaban J connectivity index is 1.99. The Labute approximate surface area is 67.9 Å². The first-order chi connectivity index (χ1) is 5.37. The Bertz CT molecular complexity index is 131. The zero-order valence-corrected chi connectivity index (χ0v) is 6.97. The summed E-state index contributed by atoms with van der Waals surface area (Å²) in [5.74, 6) is 0. The Morgan fingerprint density at radius 3 is 2.27 bits per heavy atom. The van der Waals surface area contributed by atoms with Crippen LogP contribution in [0.4, 0.5) is 0 Å². The number of rotatable bonds is 2. The molecule has 2 saturated heterocycles. The molecule has 3 N–H and O–H groups in total. The lowest BCUT2D eigenvalue weighted by atomic mass is 9.91. The van der Waals surface area contributed by atoms with E-state index in [4.69, 9.17) is 5.73 Å². The van der Waals surface area contributed by atoms with Crippen molar-refractivity contribution in [2.24, 2.45) is 5.73 Å². The number of hydrogen-bond donors (Lipinski definition) is 2. The normalized spacial score (nSPS) is 30.3. The van der Waals surface area contributed by atoms with Crippen molar-refractivity contribution in [1.29, 1.82) is 0 Å². The first-order valence-electron chi connectivity index (χ1n) is 4.53. The van der Waals surface area contributed by atoms with E-state index in [9.17, 15) is 0 Å². The van der Waals surface area contributed by atoms with E-state index >= 15 is 0 Å². The van der Waals surface area contributed by atoms with Crippen molar-refractivity contribution in [3.8, 4) is 0 Å². The van der Waals surface area contributed by atoms with E-state index in [-0.39, 0.29) is 0 Å². The van der Waals surface area contributed by atoms with Gasteiger partial charge in [-0.1, -0.05) is 0 Å². The SMILES string of the molecule is NCC1(N2CCCC2)CNC1. The second kappa shape index (κ2) is 2.73. The summed E-state index contributed by atoms with van der Waals surface area (Å²) in [5, 5.41) is 3.31. The zero-order chi connectivity index (χ0) is 7.73. The molecule has 0 aliphatic carbocycles. The summed E-state index contributed by atoms with van der Waals surface area (Å²) in [6, 6.07) is 0. The standard InChI is InChI=1S/C8H17N3/c9-5-8(6-10-7-8)11-3-1-2-4-11/h10H,1-7,9H2. The molecule has 0 bridgehead atoms. The van der Waals surface area contributed by atoms with Crippen molar-refractivity contribution in [3.63, 3.8) is 0 Å². The van der Waals surface area contributed by atoms with Crippen LogP contribution in [-0.2, 0) is 0 Å². The van der Waals surface area contributed by atoms with Gasteiger partial charge in [0.1, 0.15) is 0 Å². The molecule has 3 heteroatoms. The second-order valence-corrected chi connectivity index (χ2v) is 3.73. The van der Waals surface area contributed by atoms with Gasteiger partial charge in [0.25, 0.3) is 0 Å². The number of hydrogen-bond acceptors (Lipinski definition) is 3. The molecule has 11 heavy (non-hydrogen) atoms. The predicted molar refractivity (Wildman–Crippen MR) is 45.5 cm³/mol. The number of nitrogens with two attached hydrogens (primary N) is 1. The summed E-state index contributed by atoms with van der Waals surface area (Å²) in [6.45, 7) is 5.55. The fraction of sp³-hybridized carbons (Fsp3) is 1.00. The summed E-state index contributed by atoms with van der Waals surface area (Å²) < 4.78 is 0. The quantitative estimate of drug-likeness (QED) is 0.558. The first-order valence-corrected chi connectivity index (χ1v) is 4.53. The number of nitrogens with one attached hydrogen (secondary N) is 1. The van der Waals surface area contributed by atoms with E-state index in [1.165, 1.54) is 25.9 Å². The molecule has 0 atom stereocenters. The van der Waals surface area contributed by atoms with Gasteiger partial charge in [0.05, 0.1) is 5.54 Å². The smallest absolute Gasteiger partial charge is 0.0581 e. The minimum absolute atomic E-state index is 0.344. The molecule has 3 nitrogen and oxygen atoms in total. The van der Waals surface area contributed by atoms with Gasteiger partial charge in [0.2, 0.25) is 0 Å². The van der Waals surface area contributed by atoms with Crippen LogP contribution in [0.3, 0.4) is 0 Å². The molecule has 2 aliphatic rings. The van der Waals surface area contributed by atoms with Crippen molar-refractivity contribution in [2.75, 3.05) is 32.7 Å². The Morgan fingerprint density at radius 1 is 1.27 bits per heavy atom. The van der Waals surface area contributed by atoms with Gasteiger partial charge in [-0.15, -0.1) is 0 Å². The molecule has 0 radical (unpaired) electrons. The molecule has 2 rings (SSSR count). The van der Waals surface area contributed by atoms with E-state index in [1.54, 1.807) is 0 Å². The third-order valence-corrected chi connectivity index (χ3v) is 3.06. The predicted octanol–water partition coefficient (Wildman–Crippen LogP) is -0.617. The second-order valence-electron chi connectivity index (χ2n) is 3.73. The zero-order valence-electron chi connectivity index (χ0n) is 6.97. The fourth-order valence-corrected chi connectivity index (χ4v) is 2.10. The van der Waals surface area contributed by atoms with Crippen molar-refractivity contribution >= 4 is 0 Å². The topological polar surface area (TPSA) is 41.3 Å². The maximum absolute atomic E-state index is 5.77. The van der Waals surface area contributed by atoms with Crippen molar-refractivity contribution in [3.05, 3.63) is 0 Å². The van der Waals surface area contributed by atoms with Crippen LogP contribution >= 0.6 is 0 Å². The lowest BCUT2D eigenvalue weighted by Gasteiger charge is -2.48. The van der Waals surface area contributed by atoms with Crippen LogP contribution in [0, 0.1) is 0 Å². The molecule has 0 amide bonds. The molecule has 2 aliphatic heterocycles. The summed E-state index contributed by atoms with van der Waals surface area (Å²) in [6.07, 6.45) is 2.73. The number of nitrogens with zero attached hydrogens (tertiary/aromatic N) is 1. The minimum Gasteiger partial charge on any atom is -0.329 e. The molecule has 0 aromatic heterocycles. The molecule has 64 valence electrons. The number of likely N-dealkylation sites (tertiary alicyclic amines) is 1. The van der Waals surface area contributed by atoms with Gasteiger partial charge in [-0.05, 0) is 25.9 Å². The van der Waals surface area contributed by atoms with Crippen molar-refractivity contribution in [1.82, 2.24) is 10.2 Å². The van der Waals surface area contributed by atoms with Gasteiger partial charge in [0.15, 0.2) is 0 Å². The van der Waals surface area contributed by atoms with E-state index in [1.807, 2.05) is 0 Å². The van der Waals surface area contributed by atoms with Crippen LogP contribution < -0.4 is 11.1 Å². The van der Waals surface area contributed by atoms with Gasteiger partial charge in [0, 0.05) is 19.6 Å². The van der Waals surface area contributed by atoms with E-state index in [2.05, 4.69) is 10.2 Å². The van der Waals surface area contributed by atoms with E-state index in [0.717, 1.165) is 19.6 Å². The molecular formula is C8H17N3. The van der Waals surface area contributed by atoms with E-state index < -0.39 is 0 Å². The van der Waals surface area contributed by atoms with Gasteiger partial charge >= 0.3 is 0 Å². The van der Waals surface area contributed by atoms with E-state index in [0.29, 0.717) is 5.54 Å². The van der Waals surface area contributed by atoms with Crippen LogP contribution in [0.2, 0.25) is 0 Å². The molecule has 2 fully saturated rings. The highest BCUT2D eigenvalue weighted by molar-refractivity contribution is 5.04. The molecule has 2 heterocycles. The average molecular weight is 155 g/mol. The summed E-state index contributed by atoms with van der Waals surface area (Å²) >= 11 is 0. The van der Waals surface area contributed by atoms with Crippen LogP contribution in [0.5, 0.6) is 0 Å². The molecule has 0 aromatic carbocycles. The van der Waals surface area contributed by atoms with Gasteiger partial charge in [-0.2, -0.15) is 0 Å². The minimum atomic E-state index is 0.344. The van der Waals surface area contributed by atoms with Gasteiger partial charge < -0.3 is 11.1 Å². The first kappa shape index (κ1) is 7.53. The average Bonchev–Trinajstić information content (AvgIpc) is 2.39. The van der Waals surface area contributed by atoms with Crippen molar-refractivity contribution < 1.29 is 0 Å². The maximum Gasteiger partial charge on any atom is 0.0581 e. The maximum atomic E-state index is 5.77. The highest BCUT2D eigenvalue weighted by Gasteiger charge is 2.41. The summed E-state index contributed by atoms with van der Waals surface area (Å²) in [5.41, 5.74) is 6.11. The van der Waals surface area contributed by atoms with Gasteiger partial charge in [-0.3, -0.25) is 4.90 Å². The fourth-order valence-electron chi connectivity index (χ4n) is 2.10. The van der Waals surface area contributed by atoms with Crippen molar-refractivity contribution in [2.45, 2.75) is 18.4 Å². The monoisotopic (exact) mass is 155 g/mol. The van der Waals surface area contributed by atoms with Crippen LogP contribution in [0.15, 0.2) is 0 Å². The Kier molecular flexibility index (Phi) is 1.87. The highest BCUT2D eigenvalue weighted by atomic mass is 15.3. The summed E-state index contributed by atoms with van der Waals surface area (Å²) in [4.78, 5) is 2.56.